The maximum absolute atomic E-state index is 9.80. The van der Waals surface area contributed by atoms with Gasteiger partial charge >= 0.3 is 85.0 Å². The minimum absolute atomic E-state index is 0.503. The predicted octanol–water partition coefficient (Wildman–Crippen LogP) is 1.87. The van der Waals surface area contributed by atoms with Gasteiger partial charge in [0.05, 0.1) is 0 Å². The van der Waals surface area contributed by atoms with Crippen LogP contribution in [0.15, 0.2) is 6.07 Å². The molecule has 1 N–H and O–H groups in total. The molecule has 1 nitrogen and oxygen atoms in total. The van der Waals surface area contributed by atoms with Crippen LogP contribution in [0.25, 0.3) is 0 Å². The van der Waals surface area contributed by atoms with E-state index < -0.39 is 0 Å². The Kier molecular flexibility index (Phi) is 2.13. The Morgan fingerprint density at radius 3 is 2.85 bits per heavy atom. The van der Waals surface area contributed by atoms with Gasteiger partial charge in [-0.05, 0) is 0 Å². The first kappa shape index (κ1) is 9.11. The van der Waals surface area contributed by atoms with Crippen molar-refractivity contribution in [1.29, 1.82) is 0 Å². The Morgan fingerprint density at radius 1 is 1.46 bits per heavy atom. The fraction of sp³-hybridized carbons (Fsp3) is 0.455. The number of aryl methyl sites for hydroxylation is 1. The van der Waals surface area contributed by atoms with Gasteiger partial charge in [-0.3, -0.25) is 0 Å². The summed E-state index contributed by atoms with van der Waals surface area (Å²) in [5.41, 5.74) is 3.57. The number of phenols is 1. The van der Waals surface area contributed by atoms with Gasteiger partial charge in [-0.15, -0.1) is 0 Å². The number of aromatic hydroxyl groups is 1. The van der Waals surface area contributed by atoms with Crippen LogP contribution in [0.2, 0.25) is 5.32 Å². The van der Waals surface area contributed by atoms with Gasteiger partial charge in [-0.25, -0.2) is 0 Å². The molecule has 0 spiro atoms. The molecular formula is C11H14OSe. The summed E-state index contributed by atoms with van der Waals surface area (Å²) in [6.45, 7) is 6.29. The van der Waals surface area contributed by atoms with Gasteiger partial charge in [-0.2, -0.15) is 0 Å². The van der Waals surface area contributed by atoms with Crippen molar-refractivity contribution in [1.82, 2.24) is 0 Å². The van der Waals surface area contributed by atoms with Crippen molar-refractivity contribution in [3.05, 3.63) is 22.8 Å². The third kappa shape index (κ3) is 1.29. The van der Waals surface area contributed by atoms with Crippen molar-refractivity contribution in [2.75, 3.05) is 0 Å². The predicted molar refractivity (Wildman–Crippen MR) is 56.2 cm³/mol. The molecule has 1 atom stereocenters. The Morgan fingerprint density at radius 2 is 2.15 bits per heavy atom. The van der Waals surface area contributed by atoms with Crippen LogP contribution < -0.4 is 4.46 Å². The summed E-state index contributed by atoms with van der Waals surface area (Å²) in [6, 6.07) is 2.17. The van der Waals surface area contributed by atoms with Crippen molar-refractivity contribution < 1.29 is 5.11 Å². The van der Waals surface area contributed by atoms with Gasteiger partial charge in [0, 0.05) is 0 Å². The second-order valence-electron chi connectivity index (χ2n) is 3.79. The molecule has 0 saturated heterocycles. The molecule has 2 rings (SSSR count). The molecule has 0 bridgehead atoms. The summed E-state index contributed by atoms with van der Waals surface area (Å²) >= 11 is 0.637. The number of benzene rings is 1. The van der Waals surface area contributed by atoms with Crippen LogP contribution in [-0.2, 0) is 0 Å². The molecule has 70 valence electrons. The van der Waals surface area contributed by atoms with Crippen LogP contribution in [0.4, 0.5) is 0 Å². The topological polar surface area (TPSA) is 20.2 Å². The molecule has 0 fully saturated rings. The van der Waals surface area contributed by atoms with E-state index in [1.165, 1.54) is 15.3 Å². The van der Waals surface area contributed by atoms with E-state index in [1.807, 2.05) is 13.8 Å². The van der Waals surface area contributed by atoms with E-state index in [1.54, 1.807) is 0 Å². The fourth-order valence-electron chi connectivity index (χ4n) is 1.98. The van der Waals surface area contributed by atoms with Crippen molar-refractivity contribution >= 4 is 19.4 Å². The number of phenolic OH excluding ortho intramolecular Hbond substituents is 1. The third-order valence-corrected chi connectivity index (χ3v) is 5.49. The molecule has 1 heterocycles. The van der Waals surface area contributed by atoms with Crippen LogP contribution >= 0.6 is 0 Å². The van der Waals surface area contributed by atoms with Crippen LogP contribution in [-0.4, -0.2) is 20.1 Å². The van der Waals surface area contributed by atoms with E-state index in [4.69, 9.17) is 0 Å². The zero-order valence-electron chi connectivity index (χ0n) is 8.22. The second kappa shape index (κ2) is 3.04. The molecule has 0 aliphatic carbocycles. The third-order valence-electron chi connectivity index (χ3n) is 2.73. The van der Waals surface area contributed by atoms with E-state index in [-0.39, 0.29) is 0 Å². The molecule has 0 radical (unpaired) electrons. The quantitative estimate of drug-likeness (QED) is 0.687. The Bertz CT molecular complexity index is 358. The molecule has 0 amide bonds. The van der Waals surface area contributed by atoms with Gasteiger partial charge in [0.15, 0.2) is 0 Å². The van der Waals surface area contributed by atoms with Crippen molar-refractivity contribution in [3.63, 3.8) is 0 Å². The zero-order chi connectivity index (χ0) is 9.59. The van der Waals surface area contributed by atoms with Gasteiger partial charge in [0.2, 0.25) is 0 Å². The van der Waals surface area contributed by atoms with Crippen molar-refractivity contribution in [2.45, 2.75) is 32.0 Å². The van der Waals surface area contributed by atoms with Gasteiger partial charge in [0.1, 0.15) is 0 Å². The van der Waals surface area contributed by atoms with Crippen LogP contribution in [0.3, 0.4) is 0 Å². The Hall–Kier alpha value is -0.461. The summed E-state index contributed by atoms with van der Waals surface area (Å²) in [5.74, 6) is 1.16. The fourth-order valence-corrected chi connectivity index (χ4v) is 4.85. The monoisotopic (exact) mass is 242 g/mol. The molecule has 1 aromatic rings. The van der Waals surface area contributed by atoms with E-state index in [2.05, 4.69) is 13.0 Å². The van der Waals surface area contributed by atoms with E-state index in [9.17, 15) is 5.11 Å². The minimum atomic E-state index is 0.503. The second-order valence-corrected chi connectivity index (χ2v) is 6.02. The van der Waals surface area contributed by atoms with Gasteiger partial charge in [0.25, 0.3) is 0 Å². The summed E-state index contributed by atoms with van der Waals surface area (Å²) in [4.78, 5) is 0. The van der Waals surface area contributed by atoms with Crippen LogP contribution in [0.1, 0.15) is 29.5 Å². The van der Waals surface area contributed by atoms with E-state index in [0.717, 1.165) is 11.1 Å². The average Bonchev–Trinajstić information content (AvgIpc) is 2.43. The molecule has 0 aromatic heterocycles. The van der Waals surface area contributed by atoms with Gasteiger partial charge < -0.3 is 0 Å². The van der Waals surface area contributed by atoms with Crippen molar-refractivity contribution in [3.8, 4) is 5.75 Å². The normalized spacial score (nSPS) is 20.4. The summed E-state index contributed by atoms with van der Waals surface area (Å²) in [7, 11) is 0. The van der Waals surface area contributed by atoms with Crippen LogP contribution in [0, 0.1) is 13.8 Å². The van der Waals surface area contributed by atoms with Gasteiger partial charge in [-0.1, -0.05) is 0 Å². The molecule has 13 heavy (non-hydrogen) atoms. The number of fused-ring (bicyclic) bond motifs is 1. The zero-order valence-corrected chi connectivity index (χ0v) is 9.93. The molecule has 1 aliphatic heterocycles. The van der Waals surface area contributed by atoms with E-state index in [0.29, 0.717) is 26.6 Å². The molecule has 0 saturated carbocycles. The molecule has 2 heteroatoms. The number of hydrogen-bond donors (Lipinski definition) is 1. The van der Waals surface area contributed by atoms with Crippen molar-refractivity contribution in [2.24, 2.45) is 0 Å². The first-order chi connectivity index (χ1) is 6.11. The summed E-state index contributed by atoms with van der Waals surface area (Å²) in [5, 5.41) is 11.1. The number of rotatable bonds is 0. The first-order valence-corrected chi connectivity index (χ1v) is 6.64. The standard InChI is InChI=1S/C11H14OSe/c1-6-4-9-10(7(2)5-13-9)8(3)11(6)12/h4,7,12H,5H2,1-3H3. The number of hydrogen-bond acceptors (Lipinski definition) is 1. The SMILES string of the molecule is Cc1cc2c(c(C)c1O)C(C)C[Se]2. The van der Waals surface area contributed by atoms with Crippen LogP contribution in [0.5, 0.6) is 5.75 Å². The average molecular weight is 241 g/mol. The maximum atomic E-state index is 9.80. The summed E-state index contributed by atoms with van der Waals surface area (Å²) in [6.07, 6.45) is 0. The summed E-state index contributed by atoms with van der Waals surface area (Å²) < 4.78 is 1.51. The first-order valence-electron chi connectivity index (χ1n) is 4.57. The van der Waals surface area contributed by atoms with E-state index >= 15 is 0 Å². The molecule has 1 aromatic carbocycles. The Labute approximate surface area is 85.3 Å². The Balaban J connectivity index is 2.68. The molecule has 1 unspecified atom stereocenters. The molecule has 1 aliphatic rings. The molecular weight excluding hydrogens is 227 g/mol.